The molecule has 2 heteroatoms. The molecule has 0 spiro atoms. The maximum atomic E-state index is 5.19. The lowest BCUT2D eigenvalue weighted by Gasteiger charge is -2.27. The molecule has 0 radical (unpaired) electrons. The van der Waals surface area contributed by atoms with E-state index < -0.39 is 0 Å². The number of allylic oxidation sites excluding steroid dienone is 1. The molecule has 0 bridgehead atoms. The van der Waals surface area contributed by atoms with Gasteiger partial charge in [-0.1, -0.05) is 84.9 Å². The van der Waals surface area contributed by atoms with Gasteiger partial charge in [0.1, 0.15) is 0 Å². The van der Waals surface area contributed by atoms with Gasteiger partial charge in [0, 0.05) is 34.6 Å². The average Bonchev–Trinajstić information content (AvgIpc) is 3.37. The van der Waals surface area contributed by atoms with Crippen LogP contribution in [0.15, 0.2) is 107 Å². The number of benzene rings is 4. The second-order valence-electron chi connectivity index (χ2n) is 8.17. The van der Waals surface area contributed by atoms with Crippen LogP contribution in [-0.2, 0) is 0 Å². The molecule has 0 fully saturated rings. The van der Waals surface area contributed by atoms with Crippen LogP contribution in [-0.4, -0.2) is 0 Å². The quantitative estimate of drug-likeness (QED) is 0.363. The molecule has 4 aromatic rings. The highest BCUT2D eigenvalue weighted by Gasteiger charge is 2.32. The van der Waals surface area contributed by atoms with Crippen LogP contribution in [0.4, 0.5) is 5.69 Å². The molecular formula is C28H18N2. The van der Waals surface area contributed by atoms with Crippen LogP contribution in [0, 0.1) is 0 Å². The highest BCUT2D eigenvalue weighted by atomic mass is 14.8. The molecule has 0 saturated heterocycles. The van der Waals surface area contributed by atoms with Crippen molar-refractivity contribution in [2.24, 2.45) is 9.98 Å². The van der Waals surface area contributed by atoms with Crippen molar-refractivity contribution in [2.75, 3.05) is 0 Å². The second kappa shape index (κ2) is 5.87. The van der Waals surface area contributed by atoms with Gasteiger partial charge in [-0.3, -0.25) is 0 Å². The predicted molar refractivity (Wildman–Crippen MR) is 119 cm³/mol. The van der Waals surface area contributed by atoms with Crippen molar-refractivity contribution in [1.82, 2.24) is 0 Å². The first-order valence-corrected chi connectivity index (χ1v) is 10.5. The molecule has 3 aliphatic rings. The normalized spacial score (nSPS) is 17.3. The van der Waals surface area contributed by atoms with E-state index in [4.69, 9.17) is 9.98 Å². The first-order chi connectivity index (χ1) is 14.9. The molecule has 1 aliphatic carbocycles. The van der Waals surface area contributed by atoms with Crippen molar-refractivity contribution in [2.45, 2.75) is 12.3 Å². The van der Waals surface area contributed by atoms with Crippen molar-refractivity contribution in [3.63, 3.8) is 0 Å². The van der Waals surface area contributed by atoms with Gasteiger partial charge in [-0.25, -0.2) is 9.98 Å². The summed E-state index contributed by atoms with van der Waals surface area (Å²) in [6, 6.07) is 32.5. The van der Waals surface area contributed by atoms with E-state index >= 15 is 0 Å². The molecule has 2 aliphatic heterocycles. The molecule has 2 heterocycles. The topological polar surface area (TPSA) is 24.7 Å². The molecular weight excluding hydrogens is 364 g/mol. The van der Waals surface area contributed by atoms with Crippen molar-refractivity contribution in [3.8, 4) is 11.1 Å². The summed E-state index contributed by atoms with van der Waals surface area (Å²) in [5, 5.41) is 2.06. The fourth-order valence-electron chi connectivity index (χ4n) is 5.25. The van der Waals surface area contributed by atoms with Gasteiger partial charge in [-0.2, -0.15) is 0 Å². The van der Waals surface area contributed by atoms with Crippen LogP contribution in [0.3, 0.4) is 0 Å². The van der Waals surface area contributed by atoms with Crippen LogP contribution in [0.1, 0.15) is 34.6 Å². The van der Waals surface area contributed by atoms with E-state index in [2.05, 4.69) is 91.0 Å². The van der Waals surface area contributed by atoms with E-state index in [1.54, 1.807) is 0 Å². The van der Waals surface area contributed by atoms with E-state index in [0.717, 1.165) is 22.8 Å². The summed E-state index contributed by atoms with van der Waals surface area (Å²) in [6.45, 7) is 0. The summed E-state index contributed by atoms with van der Waals surface area (Å²) in [5.74, 6) is 0.335. The second-order valence-corrected chi connectivity index (χ2v) is 8.17. The van der Waals surface area contributed by atoms with Crippen molar-refractivity contribution in [3.05, 3.63) is 130 Å². The smallest absolute Gasteiger partial charge is 0.0979 e. The third-order valence-electron chi connectivity index (χ3n) is 6.59. The Bertz CT molecular complexity index is 1510. The molecule has 4 aromatic carbocycles. The number of rotatable bonds is 1. The number of nitrogens with zero attached hydrogens (tertiary/aromatic N) is 2. The van der Waals surface area contributed by atoms with Gasteiger partial charge < -0.3 is 0 Å². The van der Waals surface area contributed by atoms with Gasteiger partial charge in [-0.05, 0) is 22.8 Å². The van der Waals surface area contributed by atoms with Gasteiger partial charge in [0.2, 0.25) is 0 Å². The van der Waals surface area contributed by atoms with Gasteiger partial charge in [0.25, 0.3) is 0 Å². The first-order valence-electron chi connectivity index (χ1n) is 10.5. The SMILES string of the molecule is c1ccc(C2CC3=C(c4ccccc42)c2ccc4c(c2=N3)=Nc2ccccc2-4)cc1. The van der Waals surface area contributed by atoms with E-state index in [-0.39, 0.29) is 0 Å². The van der Waals surface area contributed by atoms with E-state index in [0.29, 0.717) is 5.92 Å². The van der Waals surface area contributed by atoms with Crippen LogP contribution < -0.4 is 10.7 Å². The monoisotopic (exact) mass is 382 g/mol. The third-order valence-corrected chi connectivity index (χ3v) is 6.59. The van der Waals surface area contributed by atoms with Gasteiger partial charge in [0.15, 0.2) is 0 Å². The average molecular weight is 382 g/mol. The van der Waals surface area contributed by atoms with Gasteiger partial charge >= 0.3 is 0 Å². The fraction of sp³-hybridized carbons (Fsp3) is 0.0714. The Morgan fingerprint density at radius 3 is 2.17 bits per heavy atom. The number of hydrogen-bond acceptors (Lipinski definition) is 2. The highest BCUT2D eigenvalue weighted by molar-refractivity contribution is 5.89. The Hall–Kier alpha value is -3.78. The van der Waals surface area contributed by atoms with Crippen molar-refractivity contribution < 1.29 is 0 Å². The number of para-hydroxylation sites is 1. The van der Waals surface area contributed by atoms with Crippen LogP contribution >= 0.6 is 0 Å². The molecule has 0 amide bonds. The molecule has 0 aromatic heterocycles. The highest BCUT2D eigenvalue weighted by Crippen LogP contribution is 2.46. The standard InChI is InChI=1S/C28H18N2/c1-2-8-17(9-3-1)23-16-25-26(20-12-5-4-10-18(20)23)22-15-14-21-19-11-6-7-13-24(19)29-27(21)28(22)30-25/h1-15,23H,16H2. The lowest BCUT2D eigenvalue weighted by molar-refractivity contribution is 0.774. The summed E-state index contributed by atoms with van der Waals surface area (Å²) in [4.78, 5) is 10.1. The molecule has 1 unspecified atom stereocenters. The Morgan fingerprint density at radius 2 is 1.27 bits per heavy atom. The number of fused-ring (bicyclic) bond motifs is 8. The van der Waals surface area contributed by atoms with E-state index in [1.807, 2.05) is 0 Å². The summed E-state index contributed by atoms with van der Waals surface area (Å²) in [6.07, 6.45) is 0.923. The third kappa shape index (κ3) is 2.08. The van der Waals surface area contributed by atoms with Crippen LogP contribution in [0.5, 0.6) is 0 Å². The largest absolute Gasteiger partial charge is 0.250 e. The lowest BCUT2D eigenvalue weighted by Crippen LogP contribution is -2.27. The Morgan fingerprint density at radius 1 is 0.567 bits per heavy atom. The summed E-state index contributed by atoms with van der Waals surface area (Å²) in [7, 11) is 0. The molecule has 2 nitrogen and oxygen atoms in total. The van der Waals surface area contributed by atoms with Gasteiger partial charge in [0.05, 0.1) is 22.1 Å². The fourth-order valence-corrected chi connectivity index (χ4v) is 5.25. The summed E-state index contributed by atoms with van der Waals surface area (Å²) < 4.78 is 0. The van der Waals surface area contributed by atoms with Crippen LogP contribution in [0.25, 0.3) is 16.7 Å². The minimum absolute atomic E-state index is 0.335. The lowest BCUT2D eigenvalue weighted by atomic mass is 9.77. The van der Waals surface area contributed by atoms with E-state index in [1.165, 1.54) is 44.7 Å². The Kier molecular flexibility index (Phi) is 3.14. The van der Waals surface area contributed by atoms with Crippen molar-refractivity contribution >= 4 is 11.3 Å². The maximum absolute atomic E-state index is 5.19. The zero-order valence-electron chi connectivity index (χ0n) is 16.3. The van der Waals surface area contributed by atoms with Crippen LogP contribution in [0.2, 0.25) is 0 Å². The van der Waals surface area contributed by atoms with Gasteiger partial charge in [-0.15, -0.1) is 0 Å². The molecule has 140 valence electrons. The maximum Gasteiger partial charge on any atom is 0.0979 e. The molecule has 30 heavy (non-hydrogen) atoms. The van der Waals surface area contributed by atoms with E-state index in [9.17, 15) is 0 Å². The zero-order valence-corrected chi connectivity index (χ0v) is 16.3. The minimum Gasteiger partial charge on any atom is -0.250 e. The molecule has 7 rings (SSSR count). The summed E-state index contributed by atoms with van der Waals surface area (Å²) >= 11 is 0. The minimum atomic E-state index is 0.335. The Balaban J connectivity index is 1.47. The number of hydrogen-bond donors (Lipinski definition) is 0. The summed E-state index contributed by atoms with van der Waals surface area (Å²) in [5.41, 5.74) is 11.2. The molecule has 0 N–H and O–H groups in total. The first kappa shape index (κ1) is 16.1. The predicted octanol–water partition coefficient (Wildman–Crippen LogP) is 5.55. The molecule has 1 atom stereocenters. The zero-order chi connectivity index (χ0) is 19.7. The molecule has 0 saturated carbocycles. The Labute approximate surface area is 174 Å². The van der Waals surface area contributed by atoms with Crippen molar-refractivity contribution in [1.29, 1.82) is 0 Å².